The summed E-state index contributed by atoms with van der Waals surface area (Å²) in [6.07, 6.45) is 0.423. The number of benzene rings is 1. The van der Waals surface area contributed by atoms with Crippen molar-refractivity contribution in [3.8, 4) is 11.3 Å². The van der Waals surface area contributed by atoms with E-state index in [0.29, 0.717) is 24.5 Å². The van der Waals surface area contributed by atoms with Gasteiger partial charge >= 0.3 is 6.18 Å². The van der Waals surface area contributed by atoms with Gasteiger partial charge in [0.2, 0.25) is 0 Å². The Morgan fingerprint density at radius 2 is 1.88 bits per heavy atom. The lowest BCUT2D eigenvalue weighted by Crippen LogP contribution is -2.40. The molecule has 1 amide bonds. The van der Waals surface area contributed by atoms with Gasteiger partial charge in [0, 0.05) is 29.8 Å². The van der Waals surface area contributed by atoms with Crippen molar-refractivity contribution in [2.75, 3.05) is 0 Å². The van der Waals surface area contributed by atoms with Crippen molar-refractivity contribution in [2.45, 2.75) is 75.9 Å². The number of hydrogen-bond donors (Lipinski definition) is 3. The topological polar surface area (TPSA) is 87.4 Å². The SMILES string of the molecule is O=C(N[C@@H]1CCC[C@H](O)C1)c1noc(-c2ccc(C(F)(F)F)c(F)c2)c1CNC1CCC1. The highest BCUT2D eigenvalue weighted by atomic mass is 19.4. The molecule has 0 aliphatic heterocycles. The van der Waals surface area contributed by atoms with Crippen molar-refractivity contribution in [1.82, 2.24) is 15.8 Å². The maximum Gasteiger partial charge on any atom is 0.419 e. The molecule has 32 heavy (non-hydrogen) atoms. The number of halogens is 4. The summed E-state index contributed by atoms with van der Waals surface area (Å²) in [6.45, 7) is 0.211. The fraction of sp³-hybridized carbons (Fsp3) is 0.545. The van der Waals surface area contributed by atoms with Gasteiger partial charge in [0.25, 0.3) is 5.91 Å². The molecule has 1 heterocycles. The van der Waals surface area contributed by atoms with E-state index in [0.717, 1.165) is 44.2 Å². The number of amides is 1. The largest absolute Gasteiger partial charge is 0.419 e. The summed E-state index contributed by atoms with van der Waals surface area (Å²) in [7, 11) is 0. The van der Waals surface area contributed by atoms with Gasteiger partial charge < -0.3 is 20.3 Å². The molecule has 6 nitrogen and oxygen atoms in total. The van der Waals surface area contributed by atoms with E-state index in [4.69, 9.17) is 4.52 Å². The normalized spacial score (nSPS) is 21.9. The molecule has 1 aromatic heterocycles. The summed E-state index contributed by atoms with van der Waals surface area (Å²) in [5.74, 6) is -1.86. The Bertz CT molecular complexity index is 972. The Kier molecular flexibility index (Phi) is 6.52. The predicted octanol–water partition coefficient (Wildman–Crippen LogP) is 4.17. The fourth-order valence-corrected chi connectivity index (χ4v) is 4.17. The van der Waals surface area contributed by atoms with Crippen molar-refractivity contribution < 1.29 is 32.0 Å². The zero-order valence-electron chi connectivity index (χ0n) is 17.3. The van der Waals surface area contributed by atoms with Gasteiger partial charge in [-0.3, -0.25) is 4.79 Å². The summed E-state index contributed by atoms with van der Waals surface area (Å²) >= 11 is 0. The third-order valence-electron chi connectivity index (χ3n) is 6.19. The molecule has 0 radical (unpaired) electrons. The van der Waals surface area contributed by atoms with Crippen LogP contribution in [0.4, 0.5) is 17.6 Å². The van der Waals surface area contributed by atoms with Gasteiger partial charge in [0.1, 0.15) is 5.82 Å². The second-order valence-corrected chi connectivity index (χ2v) is 8.53. The molecule has 2 aliphatic carbocycles. The van der Waals surface area contributed by atoms with Gasteiger partial charge in [-0.2, -0.15) is 13.2 Å². The van der Waals surface area contributed by atoms with Gasteiger partial charge in [-0.25, -0.2) is 4.39 Å². The third-order valence-corrected chi connectivity index (χ3v) is 6.19. The highest BCUT2D eigenvalue weighted by Gasteiger charge is 2.35. The van der Waals surface area contributed by atoms with Crippen molar-refractivity contribution in [2.24, 2.45) is 0 Å². The second-order valence-electron chi connectivity index (χ2n) is 8.53. The minimum atomic E-state index is -4.81. The van der Waals surface area contributed by atoms with Crippen molar-refractivity contribution >= 4 is 5.91 Å². The van der Waals surface area contributed by atoms with Crippen LogP contribution in [0.1, 0.15) is 66.6 Å². The summed E-state index contributed by atoms with van der Waals surface area (Å²) in [4.78, 5) is 12.9. The third kappa shape index (κ3) is 4.96. The molecule has 174 valence electrons. The number of rotatable bonds is 6. The van der Waals surface area contributed by atoms with Crippen LogP contribution in [0.3, 0.4) is 0 Å². The molecule has 0 bridgehead atoms. The Balaban J connectivity index is 1.61. The molecular weight excluding hydrogens is 430 g/mol. The monoisotopic (exact) mass is 455 g/mol. The van der Waals surface area contributed by atoms with Crippen LogP contribution >= 0.6 is 0 Å². The summed E-state index contributed by atoms with van der Waals surface area (Å²) in [5, 5.41) is 19.9. The standard InChI is InChI=1S/C22H25F4N3O3/c23-18-9-12(7-8-17(18)22(24,25)26)20-16(11-27-13-3-1-4-13)19(29-32-20)21(31)28-14-5-2-6-15(30)10-14/h7-9,13-15,27,30H,1-6,10-11H2,(H,28,31)/t14-,15+/m1/s1. The van der Waals surface area contributed by atoms with E-state index in [1.165, 1.54) is 0 Å². The van der Waals surface area contributed by atoms with E-state index in [1.807, 2.05) is 0 Å². The van der Waals surface area contributed by atoms with Crippen LogP contribution in [0.15, 0.2) is 22.7 Å². The van der Waals surface area contributed by atoms with Crippen molar-refractivity contribution in [3.63, 3.8) is 0 Å². The first-order valence-corrected chi connectivity index (χ1v) is 10.8. The van der Waals surface area contributed by atoms with Crippen LogP contribution in [-0.4, -0.2) is 34.4 Å². The molecular formula is C22H25F4N3O3. The van der Waals surface area contributed by atoms with Crippen LogP contribution < -0.4 is 10.6 Å². The van der Waals surface area contributed by atoms with Gasteiger partial charge in [-0.15, -0.1) is 0 Å². The van der Waals surface area contributed by atoms with Crippen LogP contribution in [0.25, 0.3) is 11.3 Å². The quantitative estimate of drug-likeness (QED) is 0.569. The number of nitrogens with zero attached hydrogens (tertiary/aromatic N) is 1. The lowest BCUT2D eigenvalue weighted by Gasteiger charge is -2.27. The highest BCUT2D eigenvalue weighted by molar-refractivity contribution is 5.95. The maximum absolute atomic E-state index is 14.2. The van der Waals surface area contributed by atoms with E-state index in [2.05, 4.69) is 15.8 Å². The molecule has 2 fully saturated rings. The fourth-order valence-electron chi connectivity index (χ4n) is 4.17. The van der Waals surface area contributed by atoms with Gasteiger partial charge in [-0.05, 0) is 50.7 Å². The molecule has 2 aliphatic rings. The average molecular weight is 455 g/mol. The molecule has 4 rings (SSSR count). The Morgan fingerprint density at radius 3 is 2.50 bits per heavy atom. The van der Waals surface area contributed by atoms with E-state index in [-0.39, 0.29) is 35.6 Å². The molecule has 2 aromatic rings. The van der Waals surface area contributed by atoms with Crippen molar-refractivity contribution in [1.29, 1.82) is 0 Å². The molecule has 0 spiro atoms. The number of carbonyl (C=O) groups is 1. The highest BCUT2D eigenvalue weighted by Crippen LogP contribution is 2.35. The first kappa shape index (κ1) is 22.7. The average Bonchev–Trinajstić information content (AvgIpc) is 3.10. The molecule has 0 saturated heterocycles. The number of nitrogens with one attached hydrogen (secondary N) is 2. The molecule has 1 aromatic carbocycles. The van der Waals surface area contributed by atoms with Gasteiger partial charge in [-0.1, -0.05) is 17.6 Å². The first-order valence-electron chi connectivity index (χ1n) is 10.8. The molecule has 3 N–H and O–H groups in total. The maximum atomic E-state index is 14.2. The summed E-state index contributed by atoms with van der Waals surface area (Å²) in [5.41, 5.74) is -0.929. The van der Waals surface area contributed by atoms with E-state index in [1.54, 1.807) is 0 Å². The van der Waals surface area contributed by atoms with E-state index >= 15 is 0 Å². The zero-order chi connectivity index (χ0) is 22.9. The second kappa shape index (κ2) is 9.19. The van der Waals surface area contributed by atoms with Crippen LogP contribution in [0, 0.1) is 5.82 Å². The minimum absolute atomic E-state index is 0.00666. The number of alkyl halides is 3. The van der Waals surface area contributed by atoms with Gasteiger partial charge in [0.15, 0.2) is 11.5 Å². The summed E-state index contributed by atoms with van der Waals surface area (Å²) in [6, 6.07) is 2.57. The predicted molar refractivity (Wildman–Crippen MR) is 107 cm³/mol. The number of hydrogen-bond acceptors (Lipinski definition) is 5. The van der Waals surface area contributed by atoms with E-state index in [9.17, 15) is 27.5 Å². The zero-order valence-corrected chi connectivity index (χ0v) is 17.3. The smallest absolute Gasteiger partial charge is 0.393 e. The van der Waals surface area contributed by atoms with Crippen LogP contribution in [0.2, 0.25) is 0 Å². The Morgan fingerprint density at radius 1 is 1.16 bits per heavy atom. The van der Waals surface area contributed by atoms with Gasteiger partial charge in [0.05, 0.1) is 11.7 Å². The molecule has 2 saturated carbocycles. The lowest BCUT2D eigenvalue weighted by atomic mass is 9.92. The number of aliphatic hydroxyl groups is 1. The Labute approximate surface area is 182 Å². The van der Waals surface area contributed by atoms with Crippen molar-refractivity contribution in [3.05, 3.63) is 40.8 Å². The lowest BCUT2D eigenvalue weighted by molar-refractivity contribution is -0.139. The molecule has 2 atom stereocenters. The Hall–Kier alpha value is -2.46. The van der Waals surface area contributed by atoms with E-state index < -0.39 is 29.6 Å². The minimum Gasteiger partial charge on any atom is -0.393 e. The first-order chi connectivity index (χ1) is 15.2. The number of carbonyl (C=O) groups excluding carboxylic acids is 1. The molecule has 10 heteroatoms. The molecule has 0 unspecified atom stereocenters. The number of aliphatic hydroxyl groups excluding tert-OH is 1. The van der Waals surface area contributed by atoms with Crippen LogP contribution in [-0.2, 0) is 12.7 Å². The summed E-state index contributed by atoms with van der Waals surface area (Å²) < 4.78 is 58.2. The number of aromatic nitrogens is 1. The van der Waals surface area contributed by atoms with Crippen LogP contribution in [0.5, 0.6) is 0 Å².